The van der Waals surface area contributed by atoms with E-state index in [1.54, 1.807) is 20.2 Å². The number of benzene rings is 4. The molecule has 0 N–H and O–H groups in total. The van der Waals surface area contributed by atoms with Crippen LogP contribution in [0.1, 0.15) is 46.8 Å². The molecule has 0 spiro atoms. The Bertz CT molecular complexity index is 1780. The van der Waals surface area contributed by atoms with Crippen molar-refractivity contribution < 1.29 is 23.8 Å². The van der Waals surface area contributed by atoms with Gasteiger partial charge in [0.2, 0.25) is 5.96 Å². The van der Waals surface area contributed by atoms with E-state index >= 15 is 0 Å². The van der Waals surface area contributed by atoms with Crippen molar-refractivity contribution in [2.45, 2.75) is 38.8 Å². The molecule has 1 atom stereocenters. The van der Waals surface area contributed by atoms with Crippen LogP contribution in [0.4, 0.5) is 4.79 Å². The highest BCUT2D eigenvalue weighted by molar-refractivity contribution is 6.37. The Balaban J connectivity index is 1.56. The van der Waals surface area contributed by atoms with Gasteiger partial charge in [-0.2, -0.15) is 4.99 Å². The molecule has 5 rings (SSSR count). The fraction of sp³-hybridized carbons (Fsp3) is 0.237. The number of halogens is 2. The van der Waals surface area contributed by atoms with Gasteiger partial charge in [0.15, 0.2) is 0 Å². The van der Waals surface area contributed by atoms with Crippen LogP contribution in [0.2, 0.25) is 10.0 Å². The normalized spacial score (nSPS) is 16.0. The molecule has 1 fully saturated rings. The summed E-state index contributed by atoms with van der Waals surface area (Å²) in [5.41, 5.74) is 3.37. The molecule has 1 heterocycles. The summed E-state index contributed by atoms with van der Waals surface area (Å²) < 4.78 is 17.0. The van der Waals surface area contributed by atoms with E-state index in [-0.39, 0.29) is 23.2 Å². The smallest absolute Gasteiger partial charge is 0.421 e. The molecule has 1 aliphatic rings. The van der Waals surface area contributed by atoms with E-state index in [0.29, 0.717) is 29.5 Å². The maximum Gasteiger partial charge on any atom is 0.421 e. The first-order chi connectivity index (χ1) is 23.3. The number of likely N-dealkylation sites (N-methyl/N-ethyl adjacent to an activating group) is 1. The van der Waals surface area contributed by atoms with Crippen LogP contribution in [0.25, 0.3) is 6.08 Å². The number of guanidine groups is 1. The molecule has 10 heteroatoms. The van der Waals surface area contributed by atoms with E-state index in [0.717, 1.165) is 35.3 Å². The van der Waals surface area contributed by atoms with Crippen LogP contribution >= 0.6 is 23.2 Å². The van der Waals surface area contributed by atoms with E-state index in [1.165, 1.54) is 17.0 Å². The van der Waals surface area contributed by atoms with E-state index in [4.69, 9.17) is 37.4 Å². The minimum absolute atomic E-state index is 0.0318. The third kappa shape index (κ3) is 8.56. The SMILES string of the molecule is CCCCOc1ccc(CC2/C(=C/c3ccc(OC)cc3)N(C(=O)OCc3ccccc3)/C(=N\C(=O)c3ccc(Cl)cc3Cl)N2C)cc1. The Kier molecular flexibility index (Phi) is 11.8. The van der Waals surface area contributed by atoms with Crippen molar-refractivity contribution in [2.24, 2.45) is 4.99 Å². The van der Waals surface area contributed by atoms with Crippen molar-refractivity contribution in [3.8, 4) is 11.5 Å². The lowest BCUT2D eigenvalue weighted by molar-refractivity contribution is 0.0999. The number of hydrogen-bond acceptors (Lipinski definition) is 5. The molecule has 0 aliphatic carbocycles. The number of rotatable bonds is 11. The predicted octanol–water partition coefficient (Wildman–Crippen LogP) is 8.91. The van der Waals surface area contributed by atoms with Gasteiger partial charge in [0.25, 0.3) is 5.91 Å². The Morgan fingerprint density at radius 1 is 0.896 bits per heavy atom. The average Bonchev–Trinajstić information content (AvgIpc) is 3.34. The monoisotopic (exact) mass is 685 g/mol. The van der Waals surface area contributed by atoms with Crippen LogP contribution in [0.3, 0.4) is 0 Å². The topological polar surface area (TPSA) is 80.7 Å². The molecular formula is C38H37Cl2N3O5. The summed E-state index contributed by atoms with van der Waals surface area (Å²) in [5, 5.41) is 0.544. The van der Waals surface area contributed by atoms with Gasteiger partial charge in [0, 0.05) is 12.1 Å². The van der Waals surface area contributed by atoms with Crippen LogP contribution < -0.4 is 9.47 Å². The molecule has 8 nitrogen and oxygen atoms in total. The first-order valence-electron chi connectivity index (χ1n) is 15.7. The lowest BCUT2D eigenvalue weighted by Crippen LogP contribution is -2.37. The molecule has 0 saturated carbocycles. The van der Waals surface area contributed by atoms with Gasteiger partial charge >= 0.3 is 6.09 Å². The van der Waals surface area contributed by atoms with E-state index in [1.807, 2.05) is 89.8 Å². The van der Waals surface area contributed by atoms with Crippen LogP contribution in [-0.2, 0) is 17.8 Å². The van der Waals surface area contributed by atoms with Crippen molar-refractivity contribution in [3.63, 3.8) is 0 Å². The minimum Gasteiger partial charge on any atom is -0.497 e. The molecule has 2 amide bonds. The Morgan fingerprint density at radius 2 is 1.60 bits per heavy atom. The summed E-state index contributed by atoms with van der Waals surface area (Å²) in [6.07, 6.45) is 3.74. The third-order valence-corrected chi connectivity index (χ3v) is 8.43. The number of unbranched alkanes of at least 4 members (excludes halogenated alkanes) is 1. The zero-order chi connectivity index (χ0) is 34.0. The molecule has 48 heavy (non-hydrogen) atoms. The molecule has 0 radical (unpaired) electrons. The summed E-state index contributed by atoms with van der Waals surface area (Å²) >= 11 is 12.5. The van der Waals surface area contributed by atoms with Crippen LogP contribution in [-0.4, -0.2) is 54.6 Å². The molecule has 4 aromatic rings. The second-order valence-corrected chi connectivity index (χ2v) is 12.1. The molecule has 1 unspecified atom stereocenters. The van der Waals surface area contributed by atoms with Gasteiger partial charge < -0.3 is 19.1 Å². The summed E-state index contributed by atoms with van der Waals surface area (Å²) in [4.78, 5) is 35.3. The summed E-state index contributed by atoms with van der Waals surface area (Å²) in [5.74, 6) is 0.968. The third-order valence-electron chi connectivity index (χ3n) is 7.88. The lowest BCUT2D eigenvalue weighted by atomic mass is 10.0. The van der Waals surface area contributed by atoms with Crippen molar-refractivity contribution >= 4 is 47.2 Å². The maximum atomic E-state index is 14.0. The number of carbonyl (C=O) groups is 2. The molecular weight excluding hydrogens is 649 g/mol. The number of hydrogen-bond donors (Lipinski definition) is 0. The van der Waals surface area contributed by atoms with Gasteiger partial charge in [-0.3, -0.25) is 4.79 Å². The minimum atomic E-state index is -0.679. The summed E-state index contributed by atoms with van der Waals surface area (Å²) in [7, 11) is 3.40. The molecule has 4 aromatic carbocycles. The highest BCUT2D eigenvalue weighted by Gasteiger charge is 2.43. The fourth-order valence-corrected chi connectivity index (χ4v) is 5.72. The van der Waals surface area contributed by atoms with Crippen molar-refractivity contribution in [3.05, 3.63) is 135 Å². The van der Waals surface area contributed by atoms with Gasteiger partial charge in [0.1, 0.15) is 18.1 Å². The Hall–Kier alpha value is -4.79. The Morgan fingerprint density at radius 3 is 2.27 bits per heavy atom. The van der Waals surface area contributed by atoms with Gasteiger partial charge in [-0.15, -0.1) is 0 Å². The highest BCUT2D eigenvalue weighted by Crippen LogP contribution is 2.33. The quantitative estimate of drug-likeness (QED) is 0.147. The largest absolute Gasteiger partial charge is 0.497 e. The number of aliphatic imine (C=N–C) groups is 1. The van der Waals surface area contributed by atoms with Gasteiger partial charge in [-0.1, -0.05) is 91.1 Å². The maximum absolute atomic E-state index is 14.0. The number of methoxy groups -OCH3 is 1. The second-order valence-electron chi connectivity index (χ2n) is 11.2. The summed E-state index contributed by atoms with van der Waals surface area (Å²) in [6.45, 7) is 2.81. The first-order valence-corrected chi connectivity index (χ1v) is 16.4. The number of nitrogens with zero attached hydrogens (tertiary/aromatic N) is 3. The highest BCUT2D eigenvalue weighted by atomic mass is 35.5. The average molecular weight is 687 g/mol. The van der Waals surface area contributed by atoms with Crippen molar-refractivity contribution in [1.82, 2.24) is 9.80 Å². The standard InChI is InChI=1S/C38H37Cl2N3O5/c1-4-5-21-47-31-18-13-26(14-19-31)22-34-35(23-27-11-16-30(46-3)17-12-27)43(38(45)48-25-28-9-7-6-8-10-28)37(42(34)2)41-36(44)32-20-15-29(39)24-33(32)40/h6-20,23-24,34H,4-5,21-22,25H2,1-3H3/b35-23-,41-37-. The van der Waals surface area contributed by atoms with E-state index < -0.39 is 18.0 Å². The molecule has 248 valence electrons. The van der Waals surface area contributed by atoms with Gasteiger partial charge in [-0.05, 0) is 78.1 Å². The molecule has 1 aliphatic heterocycles. The van der Waals surface area contributed by atoms with Gasteiger partial charge in [-0.25, -0.2) is 9.69 Å². The van der Waals surface area contributed by atoms with E-state index in [2.05, 4.69) is 11.9 Å². The van der Waals surface area contributed by atoms with Crippen LogP contribution in [0, 0.1) is 0 Å². The van der Waals surface area contributed by atoms with E-state index in [9.17, 15) is 9.59 Å². The van der Waals surface area contributed by atoms with Crippen LogP contribution in [0.5, 0.6) is 11.5 Å². The molecule has 0 aromatic heterocycles. The lowest BCUT2D eigenvalue weighted by Gasteiger charge is -2.20. The molecule has 0 bridgehead atoms. The summed E-state index contributed by atoms with van der Waals surface area (Å²) in [6, 6.07) is 28.9. The van der Waals surface area contributed by atoms with Crippen molar-refractivity contribution in [1.29, 1.82) is 0 Å². The van der Waals surface area contributed by atoms with Gasteiger partial charge in [0.05, 0.1) is 36.0 Å². The molecule has 1 saturated heterocycles. The van der Waals surface area contributed by atoms with Crippen molar-refractivity contribution in [2.75, 3.05) is 20.8 Å². The zero-order valence-electron chi connectivity index (χ0n) is 27.1. The second kappa shape index (κ2) is 16.4. The first kappa shape index (κ1) is 34.5. The fourth-order valence-electron chi connectivity index (χ4n) is 5.23. The number of ether oxygens (including phenoxy) is 3. The predicted molar refractivity (Wildman–Crippen MR) is 190 cm³/mol. The Labute approximate surface area is 291 Å². The number of amides is 2. The zero-order valence-corrected chi connectivity index (χ0v) is 28.6. The van der Waals surface area contributed by atoms with Crippen LogP contribution in [0.15, 0.2) is 108 Å². The number of carbonyl (C=O) groups excluding carboxylic acids is 2.